The van der Waals surface area contributed by atoms with Crippen LogP contribution in [0.2, 0.25) is 0 Å². The first-order chi connectivity index (χ1) is 8.29. The molecule has 1 heterocycles. The minimum atomic E-state index is 0.134. The van der Waals surface area contributed by atoms with Gasteiger partial charge in [-0.2, -0.15) is 0 Å². The standard InChI is InChI=1S/C15H23NO/c1-2-6-14(16)15(9-11-17-12-10-15)13-7-4-3-5-8-13/h3-5,7-8,14H,2,6,9-12,16H2,1H3/t14-/m1/s1. The molecule has 0 bridgehead atoms. The molecule has 17 heavy (non-hydrogen) atoms. The molecule has 94 valence electrons. The average molecular weight is 233 g/mol. The van der Waals surface area contributed by atoms with Gasteiger partial charge in [0.05, 0.1) is 0 Å². The van der Waals surface area contributed by atoms with E-state index in [-0.39, 0.29) is 11.5 Å². The number of nitrogens with two attached hydrogens (primary N) is 1. The highest BCUT2D eigenvalue weighted by Crippen LogP contribution is 2.38. The summed E-state index contributed by atoms with van der Waals surface area (Å²) in [5, 5.41) is 0. The lowest BCUT2D eigenvalue weighted by Gasteiger charge is -2.42. The Morgan fingerprint density at radius 3 is 2.47 bits per heavy atom. The quantitative estimate of drug-likeness (QED) is 0.868. The zero-order chi connectivity index (χ0) is 12.1. The Morgan fingerprint density at radius 2 is 1.88 bits per heavy atom. The monoisotopic (exact) mass is 233 g/mol. The van der Waals surface area contributed by atoms with Crippen LogP contribution in [0.3, 0.4) is 0 Å². The zero-order valence-corrected chi connectivity index (χ0v) is 10.7. The van der Waals surface area contributed by atoms with Gasteiger partial charge < -0.3 is 10.5 Å². The fourth-order valence-corrected chi connectivity index (χ4v) is 2.97. The van der Waals surface area contributed by atoms with Gasteiger partial charge in [0.1, 0.15) is 0 Å². The molecule has 0 aliphatic carbocycles. The lowest BCUT2D eigenvalue weighted by atomic mass is 9.68. The Balaban J connectivity index is 2.29. The van der Waals surface area contributed by atoms with E-state index in [1.807, 2.05) is 0 Å². The molecule has 2 nitrogen and oxygen atoms in total. The summed E-state index contributed by atoms with van der Waals surface area (Å²) in [4.78, 5) is 0. The maximum absolute atomic E-state index is 6.47. The summed E-state index contributed by atoms with van der Waals surface area (Å²) in [5.74, 6) is 0. The third-order valence-corrected chi connectivity index (χ3v) is 4.04. The number of rotatable bonds is 4. The van der Waals surface area contributed by atoms with E-state index in [0.717, 1.165) is 38.9 Å². The second kappa shape index (κ2) is 5.65. The molecule has 1 aromatic carbocycles. The Bertz CT molecular complexity index is 330. The third kappa shape index (κ3) is 2.53. The van der Waals surface area contributed by atoms with Crippen molar-refractivity contribution in [2.24, 2.45) is 5.73 Å². The smallest absolute Gasteiger partial charge is 0.0475 e. The second-order valence-electron chi connectivity index (χ2n) is 5.03. The Labute approximate surface area is 104 Å². The minimum Gasteiger partial charge on any atom is -0.381 e. The molecule has 1 aromatic rings. The summed E-state index contributed by atoms with van der Waals surface area (Å²) in [7, 11) is 0. The highest BCUT2D eigenvalue weighted by atomic mass is 16.5. The number of benzene rings is 1. The highest BCUT2D eigenvalue weighted by molar-refractivity contribution is 5.28. The number of ether oxygens (including phenoxy) is 1. The van der Waals surface area contributed by atoms with Crippen LogP contribution in [0.1, 0.15) is 38.2 Å². The van der Waals surface area contributed by atoms with Crippen molar-refractivity contribution < 1.29 is 4.74 Å². The van der Waals surface area contributed by atoms with E-state index in [2.05, 4.69) is 37.3 Å². The molecule has 0 unspecified atom stereocenters. The summed E-state index contributed by atoms with van der Waals surface area (Å²) in [6, 6.07) is 11.0. The van der Waals surface area contributed by atoms with Crippen LogP contribution in [-0.4, -0.2) is 19.3 Å². The van der Waals surface area contributed by atoms with Gasteiger partial charge in [0.15, 0.2) is 0 Å². The molecule has 0 radical (unpaired) electrons. The van der Waals surface area contributed by atoms with Gasteiger partial charge in [0.25, 0.3) is 0 Å². The van der Waals surface area contributed by atoms with Gasteiger partial charge in [-0.1, -0.05) is 43.7 Å². The van der Waals surface area contributed by atoms with Crippen LogP contribution in [0, 0.1) is 0 Å². The summed E-state index contributed by atoms with van der Waals surface area (Å²) >= 11 is 0. The first-order valence-electron chi connectivity index (χ1n) is 6.68. The molecule has 2 rings (SSSR count). The summed E-state index contributed by atoms with van der Waals surface area (Å²) in [6.45, 7) is 3.89. The van der Waals surface area contributed by atoms with E-state index in [9.17, 15) is 0 Å². The first-order valence-corrected chi connectivity index (χ1v) is 6.68. The van der Waals surface area contributed by atoms with E-state index >= 15 is 0 Å². The van der Waals surface area contributed by atoms with Crippen molar-refractivity contribution in [3.05, 3.63) is 35.9 Å². The molecule has 1 aliphatic heterocycles. The van der Waals surface area contributed by atoms with Crippen LogP contribution in [0.5, 0.6) is 0 Å². The average Bonchev–Trinajstić information content (AvgIpc) is 2.41. The first kappa shape index (κ1) is 12.6. The van der Waals surface area contributed by atoms with Crippen molar-refractivity contribution >= 4 is 0 Å². The Kier molecular flexibility index (Phi) is 4.19. The van der Waals surface area contributed by atoms with Crippen molar-refractivity contribution in [3.8, 4) is 0 Å². The Morgan fingerprint density at radius 1 is 1.24 bits per heavy atom. The van der Waals surface area contributed by atoms with Gasteiger partial charge in [0, 0.05) is 24.7 Å². The molecular weight excluding hydrogens is 210 g/mol. The van der Waals surface area contributed by atoms with E-state index in [1.54, 1.807) is 0 Å². The van der Waals surface area contributed by atoms with Crippen LogP contribution in [0.25, 0.3) is 0 Å². The lowest BCUT2D eigenvalue weighted by Crippen LogP contribution is -2.49. The van der Waals surface area contributed by atoms with Crippen molar-refractivity contribution in [3.63, 3.8) is 0 Å². The molecule has 2 heteroatoms. The fraction of sp³-hybridized carbons (Fsp3) is 0.600. The zero-order valence-electron chi connectivity index (χ0n) is 10.7. The third-order valence-electron chi connectivity index (χ3n) is 4.04. The van der Waals surface area contributed by atoms with E-state index in [0.29, 0.717) is 0 Å². The normalized spacial score (nSPS) is 21.1. The van der Waals surface area contributed by atoms with Crippen LogP contribution in [0.4, 0.5) is 0 Å². The molecule has 1 aliphatic rings. The molecular formula is C15H23NO. The molecule has 1 atom stereocenters. The predicted octanol–water partition coefficient (Wildman–Crippen LogP) is 2.86. The van der Waals surface area contributed by atoms with Gasteiger partial charge in [-0.3, -0.25) is 0 Å². The van der Waals surface area contributed by atoms with Crippen LogP contribution >= 0.6 is 0 Å². The minimum absolute atomic E-state index is 0.134. The maximum Gasteiger partial charge on any atom is 0.0475 e. The van der Waals surface area contributed by atoms with Crippen molar-refractivity contribution in [1.82, 2.24) is 0 Å². The summed E-state index contributed by atoms with van der Waals surface area (Å²) in [5.41, 5.74) is 8.00. The predicted molar refractivity (Wildman–Crippen MR) is 71.1 cm³/mol. The summed E-state index contributed by atoms with van der Waals surface area (Å²) < 4.78 is 5.52. The second-order valence-corrected chi connectivity index (χ2v) is 5.03. The van der Waals surface area contributed by atoms with Gasteiger partial charge in [-0.25, -0.2) is 0 Å². The van der Waals surface area contributed by atoms with Crippen LogP contribution in [-0.2, 0) is 10.2 Å². The van der Waals surface area contributed by atoms with E-state index < -0.39 is 0 Å². The van der Waals surface area contributed by atoms with Gasteiger partial charge in [0.2, 0.25) is 0 Å². The Hall–Kier alpha value is -0.860. The summed E-state index contributed by atoms with van der Waals surface area (Å²) in [6.07, 6.45) is 4.35. The van der Waals surface area contributed by atoms with Gasteiger partial charge in [-0.05, 0) is 24.8 Å². The molecule has 0 amide bonds. The number of hydrogen-bond donors (Lipinski definition) is 1. The molecule has 0 saturated carbocycles. The van der Waals surface area contributed by atoms with Crippen molar-refractivity contribution in [1.29, 1.82) is 0 Å². The SMILES string of the molecule is CCC[C@@H](N)C1(c2ccccc2)CCOCC1. The number of hydrogen-bond acceptors (Lipinski definition) is 2. The van der Waals surface area contributed by atoms with Crippen LogP contribution in [0.15, 0.2) is 30.3 Å². The van der Waals surface area contributed by atoms with Gasteiger partial charge >= 0.3 is 0 Å². The maximum atomic E-state index is 6.47. The molecule has 0 spiro atoms. The van der Waals surface area contributed by atoms with Crippen LogP contribution < -0.4 is 5.73 Å². The lowest BCUT2D eigenvalue weighted by molar-refractivity contribution is 0.0387. The molecule has 1 saturated heterocycles. The molecule has 2 N–H and O–H groups in total. The van der Waals surface area contributed by atoms with E-state index in [4.69, 9.17) is 10.5 Å². The molecule has 1 fully saturated rings. The highest BCUT2D eigenvalue weighted by Gasteiger charge is 2.39. The van der Waals surface area contributed by atoms with Crippen molar-refractivity contribution in [2.75, 3.05) is 13.2 Å². The molecule has 0 aromatic heterocycles. The van der Waals surface area contributed by atoms with Crippen molar-refractivity contribution in [2.45, 2.75) is 44.1 Å². The largest absolute Gasteiger partial charge is 0.381 e. The van der Waals surface area contributed by atoms with E-state index in [1.165, 1.54) is 5.56 Å². The van der Waals surface area contributed by atoms with Gasteiger partial charge in [-0.15, -0.1) is 0 Å². The topological polar surface area (TPSA) is 35.2 Å². The fourth-order valence-electron chi connectivity index (χ4n) is 2.97.